The minimum atomic E-state index is -0.215. The maximum absolute atomic E-state index is 5.53. The Morgan fingerprint density at radius 2 is 2.08 bits per heavy atom. The SMILES string of the molecule is C1=COC(ON2CCCC2)C=C1. The Bertz CT molecular complexity index is 195. The van der Waals surface area contributed by atoms with E-state index < -0.39 is 0 Å². The molecule has 0 spiro atoms. The maximum atomic E-state index is 5.53. The Morgan fingerprint density at radius 3 is 2.75 bits per heavy atom. The number of hydrogen-bond acceptors (Lipinski definition) is 3. The summed E-state index contributed by atoms with van der Waals surface area (Å²) in [6, 6.07) is 0. The third kappa shape index (κ3) is 1.87. The lowest BCUT2D eigenvalue weighted by atomic mass is 10.4. The molecule has 0 aromatic carbocycles. The number of rotatable bonds is 2. The third-order valence-corrected chi connectivity index (χ3v) is 1.99. The highest BCUT2D eigenvalue weighted by Gasteiger charge is 2.16. The minimum Gasteiger partial charge on any atom is -0.467 e. The Morgan fingerprint density at radius 1 is 1.25 bits per heavy atom. The first kappa shape index (κ1) is 7.83. The van der Waals surface area contributed by atoms with Gasteiger partial charge in [0.25, 0.3) is 0 Å². The molecule has 0 N–H and O–H groups in total. The second-order valence-electron chi connectivity index (χ2n) is 2.96. The van der Waals surface area contributed by atoms with Crippen LogP contribution in [-0.2, 0) is 9.57 Å². The zero-order valence-corrected chi connectivity index (χ0v) is 6.98. The second kappa shape index (κ2) is 3.74. The summed E-state index contributed by atoms with van der Waals surface area (Å²) in [6.45, 7) is 2.05. The lowest BCUT2D eigenvalue weighted by Gasteiger charge is -2.21. The van der Waals surface area contributed by atoms with Crippen molar-refractivity contribution in [2.45, 2.75) is 19.1 Å². The van der Waals surface area contributed by atoms with Gasteiger partial charge in [0.15, 0.2) is 0 Å². The summed E-state index contributed by atoms with van der Waals surface area (Å²) in [5, 5.41) is 1.97. The number of hydroxylamine groups is 2. The summed E-state index contributed by atoms with van der Waals surface area (Å²) in [5.41, 5.74) is 0. The Labute approximate surface area is 72.2 Å². The Kier molecular flexibility index (Phi) is 2.44. The van der Waals surface area contributed by atoms with E-state index in [0.29, 0.717) is 0 Å². The standard InChI is InChI=1S/C9H13NO2/c1-4-8-11-9(5-1)12-10-6-2-3-7-10/h1,4-5,8-9H,2-3,6-7H2. The molecular formula is C9H13NO2. The van der Waals surface area contributed by atoms with Crippen LogP contribution in [0.15, 0.2) is 24.5 Å². The van der Waals surface area contributed by atoms with E-state index in [4.69, 9.17) is 9.57 Å². The third-order valence-electron chi connectivity index (χ3n) is 1.99. The van der Waals surface area contributed by atoms with E-state index in [0.717, 1.165) is 13.1 Å². The van der Waals surface area contributed by atoms with E-state index in [1.54, 1.807) is 6.26 Å². The van der Waals surface area contributed by atoms with E-state index >= 15 is 0 Å². The molecule has 0 bridgehead atoms. The highest BCUT2D eigenvalue weighted by molar-refractivity contribution is 5.05. The van der Waals surface area contributed by atoms with Gasteiger partial charge < -0.3 is 4.74 Å². The van der Waals surface area contributed by atoms with Crippen LogP contribution in [-0.4, -0.2) is 24.4 Å². The van der Waals surface area contributed by atoms with Gasteiger partial charge in [-0.25, -0.2) is 0 Å². The van der Waals surface area contributed by atoms with Crippen molar-refractivity contribution >= 4 is 0 Å². The smallest absolute Gasteiger partial charge is 0.236 e. The Balaban J connectivity index is 1.78. The van der Waals surface area contributed by atoms with Crippen molar-refractivity contribution in [2.75, 3.05) is 13.1 Å². The molecule has 66 valence electrons. The average Bonchev–Trinajstić information content (AvgIpc) is 2.59. The van der Waals surface area contributed by atoms with Gasteiger partial charge in [0.05, 0.1) is 6.26 Å². The largest absolute Gasteiger partial charge is 0.467 e. The number of ether oxygens (including phenoxy) is 1. The van der Waals surface area contributed by atoms with Gasteiger partial charge >= 0.3 is 0 Å². The van der Waals surface area contributed by atoms with Crippen LogP contribution in [0, 0.1) is 0 Å². The summed E-state index contributed by atoms with van der Waals surface area (Å²) in [6.07, 6.45) is 9.58. The molecule has 1 atom stereocenters. The van der Waals surface area contributed by atoms with Gasteiger partial charge in [-0.3, -0.25) is 4.84 Å². The lowest BCUT2D eigenvalue weighted by molar-refractivity contribution is -0.237. The van der Waals surface area contributed by atoms with E-state index in [-0.39, 0.29) is 6.29 Å². The quantitative estimate of drug-likeness (QED) is 0.621. The second-order valence-corrected chi connectivity index (χ2v) is 2.96. The topological polar surface area (TPSA) is 21.7 Å². The number of nitrogens with zero attached hydrogens (tertiary/aromatic N) is 1. The zero-order valence-electron chi connectivity index (χ0n) is 6.98. The summed E-state index contributed by atoms with van der Waals surface area (Å²) >= 11 is 0. The van der Waals surface area contributed by atoms with Gasteiger partial charge in [0.2, 0.25) is 6.29 Å². The van der Waals surface area contributed by atoms with Gasteiger partial charge in [0.1, 0.15) is 0 Å². The van der Waals surface area contributed by atoms with Crippen LogP contribution < -0.4 is 0 Å². The van der Waals surface area contributed by atoms with Crippen LogP contribution >= 0.6 is 0 Å². The first-order valence-electron chi connectivity index (χ1n) is 4.36. The van der Waals surface area contributed by atoms with Crippen molar-refractivity contribution in [1.29, 1.82) is 0 Å². The zero-order chi connectivity index (χ0) is 8.23. The fourth-order valence-electron chi connectivity index (χ4n) is 1.37. The molecule has 2 aliphatic heterocycles. The molecule has 12 heavy (non-hydrogen) atoms. The lowest BCUT2D eigenvalue weighted by Crippen LogP contribution is -2.27. The van der Waals surface area contributed by atoms with Crippen LogP contribution in [0.4, 0.5) is 0 Å². The van der Waals surface area contributed by atoms with Crippen LogP contribution in [0.1, 0.15) is 12.8 Å². The molecule has 0 aromatic heterocycles. The maximum Gasteiger partial charge on any atom is 0.236 e. The molecule has 2 rings (SSSR count). The predicted molar refractivity (Wildman–Crippen MR) is 45.0 cm³/mol. The molecule has 0 aliphatic carbocycles. The molecule has 3 heteroatoms. The molecule has 1 fully saturated rings. The van der Waals surface area contributed by atoms with Crippen LogP contribution in [0.25, 0.3) is 0 Å². The molecule has 3 nitrogen and oxygen atoms in total. The summed E-state index contributed by atoms with van der Waals surface area (Å²) in [7, 11) is 0. The molecule has 1 saturated heterocycles. The molecule has 1 unspecified atom stereocenters. The van der Waals surface area contributed by atoms with E-state index in [9.17, 15) is 0 Å². The molecule has 0 radical (unpaired) electrons. The summed E-state index contributed by atoms with van der Waals surface area (Å²) < 4.78 is 5.21. The van der Waals surface area contributed by atoms with Crippen molar-refractivity contribution in [3.63, 3.8) is 0 Å². The fraction of sp³-hybridized carbons (Fsp3) is 0.556. The molecule has 0 saturated carbocycles. The van der Waals surface area contributed by atoms with Crippen molar-refractivity contribution in [1.82, 2.24) is 5.06 Å². The normalized spacial score (nSPS) is 29.2. The molecular weight excluding hydrogens is 154 g/mol. The summed E-state index contributed by atoms with van der Waals surface area (Å²) in [4.78, 5) is 5.53. The molecule has 0 aromatic rings. The number of hydrogen-bond donors (Lipinski definition) is 0. The van der Waals surface area contributed by atoms with Crippen LogP contribution in [0.3, 0.4) is 0 Å². The van der Waals surface area contributed by atoms with Gasteiger partial charge in [0, 0.05) is 13.1 Å². The van der Waals surface area contributed by atoms with E-state index in [1.165, 1.54) is 12.8 Å². The van der Waals surface area contributed by atoms with Gasteiger partial charge in [-0.2, -0.15) is 5.06 Å². The van der Waals surface area contributed by atoms with Gasteiger partial charge in [-0.1, -0.05) is 6.08 Å². The van der Waals surface area contributed by atoms with Crippen LogP contribution in [0.2, 0.25) is 0 Å². The minimum absolute atomic E-state index is 0.215. The molecule has 2 aliphatic rings. The van der Waals surface area contributed by atoms with E-state index in [2.05, 4.69) is 0 Å². The van der Waals surface area contributed by atoms with Crippen LogP contribution in [0.5, 0.6) is 0 Å². The molecule has 2 heterocycles. The van der Waals surface area contributed by atoms with Crippen molar-refractivity contribution in [3.05, 3.63) is 24.5 Å². The number of allylic oxidation sites excluding steroid dienone is 2. The van der Waals surface area contributed by atoms with Crippen molar-refractivity contribution in [3.8, 4) is 0 Å². The first-order chi connectivity index (χ1) is 5.95. The monoisotopic (exact) mass is 167 g/mol. The fourth-order valence-corrected chi connectivity index (χ4v) is 1.37. The predicted octanol–water partition coefficient (Wildman–Crippen LogP) is 1.44. The molecule has 0 amide bonds. The van der Waals surface area contributed by atoms with Gasteiger partial charge in [-0.15, -0.1) is 0 Å². The van der Waals surface area contributed by atoms with Crippen molar-refractivity contribution < 1.29 is 9.57 Å². The highest BCUT2D eigenvalue weighted by atomic mass is 16.8. The van der Waals surface area contributed by atoms with Crippen molar-refractivity contribution in [2.24, 2.45) is 0 Å². The first-order valence-corrected chi connectivity index (χ1v) is 4.36. The highest BCUT2D eigenvalue weighted by Crippen LogP contribution is 2.12. The summed E-state index contributed by atoms with van der Waals surface area (Å²) in [5.74, 6) is 0. The van der Waals surface area contributed by atoms with E-state index in [1.807, 2.05) is 23.3 Å². The van der Waals surface area contributed by atoms with Gasteiger partial charge in [-0.05, 0) is 25.0 Å². The Hall–Kier alpha value is -0.800. The average molecular weight is 167 g/mol.